The number of ether oxygens (including phenoxy) is 1. The van der Waals surface area contributed by atoms with E-state index in [1.54, 1.807) is 25.3 Å². The van der Waals surface area contributed by atoms with Crippen molar-refractivity contribution in [1.29, 1.82) is 0 Å². The standard InChI is InChI=1S/C10H13NO3/c1-14-9-6-8(11)4-2-7(9)3-5-10(12)13/h2,4,6H,3,5,11H2,1H3,(H,12,13). The monoisotopic (exact) mass is 195 g/mol. The smallest absolute Gasteiger partial charge is 0.303 e. The van der Waals surface area contributed by atoms with E-state index in [1.807, 2.05) is 0 Å². The van der Waals surface area contributed by atoms with Crippen molar-refractivity contribution in [2.45, 2.75) is 12.8 Å². The van der Waals surface area contributed by atoms with Crippen molar-refractivity contribution in [2.24, 2.45) is 0 Å². The van der Waals surface area contributed by atoms with Gasteiger partial charge in [0.1, 0.15) is 5.75 Å². The number of anilines is 1. The molecule has 0 spiro atoms. The summed E-state index contributed by atoms with van der Waals surface area (Å²) in [5.41, 5.74) is 7.04. The van der Waals surface area contributed by atoms with E-state index in [9.17, 15) is 4.79 Å². The fraction of sp³-hybridized carbons (Fsp3) is 0.300. The van der Waals surface area contributed by atoms with Gasteiger partial charge in [0.2, 0.25) is 0 Å². The van der Waals surface area contributed by atoms with Crippen molar-refractivity contribution in [3.8, 4) is 5.75 Å². The molecule has 0 unspecified atom stereocenters. The minimum absolute atomic E-state index is 0.0975. The van der Waals surface area contributed by atoms with Crippen LogP contribution in [0.1, 0.15) is 12.0 Å². The van der Waals surface area contributed by atoms with Crippen molar-refractivity contribution in [1.82, 2.24) is 0 Å². The Labute approximate surface area is 82.3 Å². The van der Waals surface area contributed by atoms with Crippen LogP contribution < -0.4 is 10.5 Å². The molecule has 0 aliphatic rings. The van der Waals surface area contributed by atoms with Crippen LogP contribution in [0.5, 0.6) is 5.75 Å². The van der Waals surface area contributed by atoms with Crippen LogP contribution in [0.2, 0.25) is 0 Å². The Morgan fingerprint density at radius 2 is 2.29 bits per heavy atom. The minimum Gasteiger partial charge on any atom is -0.496 e. The van der Waals surface area contributed by atoms with Crippen LogP contribution in [0.3, 0.4) is 0 Å². The number of methoxy groups -OCH3 is 1. The molecule has 0 amide bonds. The fourth-order valence-corrected chi connectivity index (χ4v) is 1.21. The van der Waals surface area contributed by atoms with E-state index in [0.717, 1.165) is 5.56 Å². The van der Waals surface area contributed by atoms with Crippen molar-refractivity contribution < 1.29 is 14.6 Å². The lowest BCUT2D eigenvalue weighted by Crippen LogP contribution is -2.00. The lowest BCUT2D eigenvalue weighted by atomic mass is 10.1. The molecule has 0 heterocycles. The van der Waals surface area contributed by atoms with Crippen LogP contribution in [0.15, 0.2) is 18.2 Å². The first-order valence-corrected chi connectivity index (χ1v) is 4.27. The van der Waals surface area contributed by atoms with Gasteiger partial charge < -0.3 is 15.6 Å². The van der Waals surface area contributed by atoms with E-state index in [2.05, 4.69) is 0 Å². The molecule has 76 valence electrons. The van der Waals surface area contributed by atoms with Crippen LogP contribution in [-0.2, 0) is 11.2 Å². The van der Waals surface area contributed by atoms with Crippen LogP contribution in [0.4, 0.5) is 5.69 Å². The molecule has 1 rings (SSSR count). The zero-order valence-electron chi connectivity index (χ0n) is 7.99. The van der Waals surface area contributed by atoms with Gasteiger partial charge in [0.25, 0.3) is 0 Å². The van der Waals surface area contributed by atoms with Crippen LogP contribution >= 0.6 is 0 Å². The summed E-state index contributed by atoms with van der Waals surface area (Å²) in [6.45, 7) is 0. The number of carboxylic acids is 1. The molecule has 3 N–H and O–H groups in total. The molecule has 0 saturated heterocycles. The average Bonchev–Trinajstić information content (AvgIpc) is 2.15. The summed E-state index contributed by atoms with van der Waals surface area (Å²) in [4.78, 5) is 10.4. The van der Waals surface area contributed by atoms with Crippen molar-refractivity contribution in [3.05, 3.63) is 23.8 Å². The molecule has 4 heteroatoms. The third-order valence-electron chi connectivity index (χ3n) is 1.92. The normalized spacial score (nSPS) is 9.79. The zero-order chi connectivity index (χ0) is 10.6. The summed E-state index contributed by atoms with van der Waals surface area (Å²) in [6.07, 6.45) is 0.555. The van der Waals surface area contributed by atoms with E-state index in [-0.39, 0.29) is 6.42 Å². The molecule has 1 aromatic carbocycles. The Bertz CT molecular complexity index is 336. The molecule has 0 radical (unpaired) electrons. The number of hydrogen-bond acceptors (Lipinski definition) is 3. The van der Waals surface area contributed by atoms with E-state index in [1.165, 1.54) is 0 Å². The van der Waals surface area contributed by atoms with Gasteiger partial charge >= 0.3 is 5.97 Å². The minimum atomic E-state index is -0.816. The lowest BCUT2D eigenvalue weighted by Gasteiger charge is -2.07. The number of nitrogen functional groups attached to an aromatic ring is 1. The Hall–Kier alpha value is -1.71. The summed E-state index contributed by atoms with van der Waals surface area (Å²) < 4.78 is 5.09. The summed E-state index contributed by atoms with van der Waals surface area (Å²) >= 11 is 0. The van der Waals surface area contributed by atoms with Gasteiger partial charge in [0.05, 0.1) is 7.11 Å². The Balaban J connectivity index is 2.80. The second-order valence-electron chi connectivity index (χ2n) is 2.97. The Kier molecular flexibility index (Phi) is 3.34. The molecule has 0 aliphatic heterocycles. The first kappa shape index (κ1) is 10.4. The molecule has 4 nitrogen and oxygen atoms in total. The van der Waals surface area contributed by atoms with E-state index < -0.39 is 5.97 Å². The number of hydrogen-bond donors (Lipinski definition) is 2. The molecular formula is C10H13NO3. The maximum atomic E-state index is 10.4. The quantitative estimate of drug-likeness (QED) is 0.710. The van der Waals surface area contributed by atoms with Gasteiger partial charge in [0, 0.05) is 18.2 Å². The molecule has 0 saturated carbocycles. The van der Waals surface area contributed by atoms with Gasteiger partial charge in [-0.25, -0.2) is 0 Å². The average molecular weight is 195 g/mol. The summed E-state index contributed by atoms with van der Waals surface area (Å²) in [6, 6.07) is 5.22. The molecule has 0 aromatic heterocycles. The number of aliphatic carboxylic acids is 1. The second kappa shape index (κ2) is 4.50. The topological polar surface area (TPSA) is 72.5 Å². The Morgan fingerprint density at radius 1 is 1.57 bits per heavy atom. The number of nitrogens with two attached hydrogens (primary N) is 1. The first-order chi connectivity index (χ1) is 6.63. The Morgan fingerprint density at radius 3 is 2.86 bits per heavy atom. The number of benzene rings is 1. The van der Waals surface area contributed by atoms with Gasteiger partial charge in [0.15, 0.2) is 0 Å². The number of aryl methyl sites for hydroxylation is 1. The predicted molar refractivity (Wildman–Crippen MR) is 53.4 cm³/mol. The maximum absolute atomic E-state index is 10.4. The van der Waals surface area contributed by atoms with E-state index in [0.29, 0.717) is 17.9 Å². The van der Waals surface area contributed by atoms with Crippen LogP contribution in [-0.4, -0.2) is 18.2 Å². The molecule has 0 aliphatic carbocycles. The highest BCUT2D eigenvalue weighted by molar-refractivity contribution is 5.67. The highest BCUT2D eigenvalue weighted by atomic mass is 16.5. The third-order valence-corrected chi connectivity index (χ3v) is 1.92. The molecular weight excluding hydrogens is 182 g/mol. The molecule has 1 aromatic rings. The van der Waals surface area contributed by atoms with Crippen LogP contribution in [0, 0.1) is 0 Å². The van der Waals surface area contributed by atoms with Crippen molar-refractivity contribution in [2.75, 3.05) is 12.8 Å². The van der Waals surface area contributed by atoms with Gasteiger partial charge in [-0.05, 0) is 18.1 Å². The zero-order valence-corrected chi connectivity index (χ0v) is 7.99. The molecule has 0 bridgehead atoms. The molecule has 14 heavy (non-hydrogen) atoms. The molecule has 0 fully saturated rings. The number of carbonyl (C=O) groups is 1. The van der Waals surface area contributed by atoms with Crippen molar-refractivity contribution >= 4 is 11.7 Å². The first-order valence-electron chi connectivity index (χ1n) is 4.27. The van der Waals surface area contributed by atoms with Crippen molar-refractivity contribution in [3.63, 3.8) is 0 Å². The van der Waals surface area contributed by atoms with Gasteiger partial charge in [-0.3, -0.25) is 4.79 Å². The lowest BCUT2D eigenvalue weighted by molar-refractivity contribution is -0.136. The van der Waals surface area contributed by atoms with Gasteiger partial charge in [-0.2, -0.15) is 0 Å². The van der Waals surface area contributed by atoms with E-state index in [4.69, 9.17) is 15.6 Å². The highest BCUT2D eigenvalue weighted by Crippen LogP contribution is 2.22. The second-order valence-corrected chi connectivity index (χ2v) is 2.97. The predicted octanol–water partition coefficient (Wildman–Crippen LogP) is 1.29. The summed E-state index contributed by atoms with van der Waals surface area (Å²) in [5.74, 6) is -0.171. The number of rotatable bonds is 4. The highest BCUT2D eigenvalue weighted by Gasteiger charge is 2.05. The van der Waals surface area contributed by atoms with Gasteiger partial charge in [-0.1, -0.05) is 6.07 Å². The molecule has 0 atom stereocenters. The largest absolute Gasteiger partial charge is 0.496 e. The summed E-state index contributed by atoms with van der Waals surface area (Å²) in [5, 5.41) is 8.53. The SMILES string of the molecule is COc1cc(N)ccc1CCC(=O)O. The fourth-order valence-electron chi connectivity index (χ4n) is 1.21. The van der Waals surface area contributed by atoms with E-state index >= 15 is 0 Å². The van der Waals surface area contributed by atoms with Gasteiger partial charge in [-0.15, -0.1) is 0 Å². The number of carboxylic acid groups (broad SMARTS) is 1. The summed E-state index contributed by atoms with van der Waals surface area (Å²) in [7, 11) is 1.54. The third kappa shape index (κ3) is 2.65. The maximum Gasteiger partial charge on any atom is 0.303 e. The van der Waals surface area contributed by atoms with Crippen LogP contribution in [0.25, 0.3) is 0 Å².